The van der Waals surface area contributed by atoms with Crippen molar-refractivity contribution in [1.29, 1.82) is 0 Å². The van der Waals surface area contributed by atoms with Crippen molar-refractivity contribution < 1.29 is 14.3 Å². The summed E-state index contributed by atoms with van der Waals surface area (Å²) in [5.41, 5.74) is 4.13. The summed E-state index contributed by atoms with van der Waals surface area (Å²) < 4.78 is 5.05. The molecule has 148 valence electrons. The molecule has 0 aliphatic carbocycles. The lowest BCUT2D eigenvalue weighted by molar-refractivity contribution is -0.118. The lowest BCUT2D eigenvalue weighted by Crippen LogP contribution is -2.27. The molecule has 2 amide bonds. The number of ether oxygens (including phenoxy) is 1. The van der Waals surface area contributed by atoms with Crippen LogP contribution in [0, 0.1) is 0 Å². The Kier molecular flexibility index (Phi) is 5.26. The molecule has 7 nitrogen and oxygen atoms in total. The zero-order valence-corrected chi connectivity index (χ0v) is 17.0. The van der Waals surface area contributed by atoms with E-state index in [1.165, 1.54) is 18.4 Å². The van der Waals surface area contributed by atoms with Gasteiger partial charge in [-0.15, -0.1) is 11.3 Å². The van der Waals surface area contributed by atoms with Gasteiger partial charge in [-0.1, -0.05) is 19.1 Å². The highest BCUT2D eigenvalue weighted by atomic mass is 32.1. The average molecular weight is 408 g/mol. The SMILES string of the molecule is CCC(=O)N1CCc2cc(-c3csc(NC(=O)c4cccc(OC)n4)n3)ccc21. The van der Waals surface area contributed by atoms with Crippen molar-refractivity contribution in [2.75, 3.05) is 23.9 Å². The lowest BCUT2D eigenvalue weighted by atomic mass is 10.1. The second kappa shape index (κ2) is 8.00. The minimum absolute atomic E-state index is 0.140. The Balaban J connectivity index is 1.51. The van der Waals surface area contributed by atoms with Crippen LogP contribution in [0.25, 0.3) is 11.3 Å². The Morgan fingerprint density at radius 1 is 1.24 bits per heavy atom. The number of pyridine rings is 1. The van der Waals surface area contributed by atoms with Crippen LogP contribution < -0.4 is 15.0 Å². The lowest BCUT2D eigenvalue weighted by Gasteiger charge is -2.16. The molecule has 1 aliphatic heterocycles. The Morgan fingerprint density at radius 2 is 2.10 bits per heavy atom. The molecule has 0 saturated carbocycles. The molecule has 3 aromatic rings. The number of nitrogens with one attached hydrogen (secondary N) is 1. The van der Waals surface area contributed by atoms with E-state index in [1.807, 2.05) is 29.3 Å². The van der Waals surface area contributed by atoms with Crippen LogP contribution in [-0.4, -0.2) is 35.4 Å². The fourth-order valence-corrected chi connectivity index (χ4v) is 4.01. The molecule has 0 saturated heterocycles. The summed E-state index contributed by atoms with van der Waals surface area (Å²) in [6.07, 6.45) is 1.34. The van der Waals surface area contributed by atoms with E-state index in [2.05, 4.69) is 21.4 Å². The predicted molar refractivity (Wildman–Crippen MR) is 113 cm³/mol. The number of anilines is 2. The first kappa shape index (κ1) is 19.1. The van der Waals surface area contributed by atoms with Crippen LogP contribution in [0.2, 0.25) is 0 Å². The average Bonchev–Trinajstić information content (AvgIpc) is 3.39. The van der Waals surface area contributed by atoms with Gasteiger partial charge in [0.2, 0.25) is 11.8 Å². The Morgan fingerprint density at radius 3 is 2.90 bits per heavy atom. The number of fused-ring (bicyclic) bond motifs is 1. The number of hydrogen-bond acceptors (Lipinski definition) is 6. The van der Waals surface area contributed by atoms with Gasteiger partial charge >= 0.3 is 0 Å². The molecule has 1 N–H and O–H groups in total. The van der Waals surface area contributed by atoms with Gasteiger partial charge in [0.25, 0.3) is 5.91 Å². The third kappa shape index (κ3) is 3.84. The normalized spacial score (nSPS) is 12.6. The van der Waals surface area contributed by atoms with Crippen LogP contribution in [0.3, 0.4) is 0 Å². The van der Waals surface area contributed by atoms with E-state index < -0.39 is 0 Å². The van der Waals surface area contributed by atoms with E-state index in [4.69, 9.17) is 4.74 Å². The summed E-state index contributed by atoms with van der Waals surface area (Å²) in [5, 5.41) is 5.18. The van der Waals surface area contributed by atoms with E-state index in [0.717, 1.165) is 35.5 Å². The smallest absolute Gasteiger partial charge is 0.276 e. The van der Waals surface area contributed by atoms with Gasteiger partial charge in [0.15, 0.2) is 5.13 Å². The molecular weight excluding hydrogens is 388 g/mol. The molecule has 8 heteroatoms. The fraction of sp³-hybridized carbons (Fsp3) is 0.238. The number of amides is 2. The number of carbonyl (C=O) groups is 2. The molecule has 0 radical (unpaired) electrons. The quantitative estimate of drug-likeness (QED) is 0.695. The summed E-state index contributed by atoms with van der Waals surface area (Å²) in [6, 6.07) is 11.0. The summed E-state index contributed by atoms with van der Waals surface area (Å²) in [7, 11) is 1.51. The zero-order valence-electron chi connectivity index (χ0n) is 16.1. The molecule has 2 aromatic heterocycles. The van der Waals surface area contributed by atoms with Crippen LogP contribution in [0.15, 0.2) is 41.8 Å². The molecule has 0 spiro atoms. The minimum Gasteiger partial charge on any atom is -0.481 e. The highest BCUT2D eigenvalue weighted by Crippen LogP contribution is 2.33. The van der Waals surface area contributed by atoms with Gasteiger partial charge < -0.3 is 9.64 Å². The number of rotatable bonds is 5. The monoisotopic (exact) mass is 408 g/mol. The fourth-order valence-electron chi connectivity index (χ4n) is 3.29. The van der Waals surface area contributed by atoms with Crippen LogP contribution in [0.4, 0.5) is 10.8 Å². The number of methoxy groups -OCH3 is 1. The summed E-state index contributed by atoms with van der Waals surface area (Å²) in [6.45, 7) is 2.60. The predicted octanol–water partition coefficient (Wildman–Crippen LogP) is 3.77. The van der Waals surface area contributed by atoms with Crippen molar-refractivity contribution in [3.8, 4) is 17.1 Å². The van der Waals surface area contributed by atoms with E-state index in [-0.39, 0.29) is 17.5 Å². The highest BCUT2D eigenvalue weighted by Gasteiger charge is 2.24. The van der Waals surface area contributed by atoms with Crippen LogP contribution in [-0.2, 0) is 11.2 Å². The zero-order chi connectivity index (χ0) is 20.4. The van der Waals surface area contributed by atoms with Gasteiger partial charge in [0.05, 0.1) is 12.8 Å². The molecule has 4 rings (SSSR count). The molecule has 0 unspecified atom stereocenters. The number of carbonyl (C=O) groups excluding carboxylic acids is 2. The van der Waals surface area contributed by atoms with Gasteiger partial charge in [-0.25, -0.2) is 9.97 Å². The topological polar surface area (TPSA) is 84.4 Å². The van der Waals surface area contributed by atoms with E-state index >= 15 is 0 Å². The second-order valence-electron chi connectivity index (χ2n) is 6.55. The number of benzene rings is 1. The minimum atomic E-state index is -0.340. The van der Waals surface area contributed by atoms with Crippen molar-refractivity contribution in [2.24, 2.45) is 0 Å². The van der Waals surface area contributed by atoms with Crippen LogP contribution >= 0.6 is 11.3 Å². The van der Waals surface area contributed by atoms with Crippen LogP contribution in [0.1, 0.15) is 29.4 Å². The van der Waals surface area contributed by atoms with E-state index in [1.54, 1.807) is 18.2 Å². The van der Waals surface area contributed by atoms with Gasteiger partial charge in [-0.2, -0.15) is 0 Å². The first-order valence-electron chi connectivity index (χ1n) is 9.30. The first-order chi connectivity index (χ1) is 14.1. The molecule has 3 heterocycles. The molecule has 1 aliphatic rings. The summed E-state index contributed by atoms with van der Waals surface area (Å²) >= 11 is 1.35. The van der Waals surface area contributed by atoms with Crippen LogP contribution in [0.5, 0.6) is 5.88 Å². The van der Waals surface area contributed by atoms with E-state index in [0.29, 0.717) is 17.4 Å². The highest BCUT2D eigenvalue weighted by molar-refractivity contribution is 7.14. The van der Waals surface area contributed by atoms with Crippen molar-refractivity contribution in [1.82, 2.24) is 9.97 Å². The largest absolute Gasteiger partial charge is 0.481 e. The number of hydrogen-bond donors (Lipinski definition) is 1. The molecule has 0 atom stereocenters. The third-order valence-electron chi connectivity index (χ3n) is 4.76. The maximum absolute atomic E-state index is 12.4. The maximum Gasteiger partial charge on any atom is 0.276 e. The van der Waals surface area contributed by atoms with Gasteiger partial charge in [0.1, 0.15) is 5.69 Å². The van der Waals surface area contributed by atoms with Crippen molar-refractivity contribution >= 4 is 34.0 Å². The number of nitrogens with zero attached hydrogens (tertiary/aromatic N) is 3. The van der Waals surface area contributed by atoms with Gasteiger partial charge in [0, 0.05) is 35.7 Å². The Bertz CT molecular complexity index is 1080. The number of aromatic nitrogens is 2. The van der Waals surface area contributed by atoms with Crippen molar-refractivity contribution in [3.63, 3.8) is 0 Å². The first-order valence-corrected chi connectivity index (χ1v) is 10.2. The molecule has 29 heavy (non-hydrogen) atoms. The Hall–Kier alpha value is -3.26. The van der Waals surface area contributed by atoms with Gasteiger partial charge in [-0.3, -0.25) is 14.9 Å². The number of thiazole rings is 1. The standard InChI is InChI=1S/C21H20N4O3S/c1-3-19(26)25-10-9-14-11-13(7-8-17(14)25)16-12-29-21(23-16)24-20(27)15-5-4-6-18(22-15)28-2/h4-8,11-12H,3,9-10H2,1-2H3,(H,23,24,27). The van der Waals surface area contributed by atoms with Gasteiger partial charge in [-0.05, 0) is 30.2 Å². The maximum atomic E-state index is 12.4. The van der Waals surface area contributed by atoms with E-state index in [9.17, 15) is 9.59 Å². The second-order valence-corrected chi connectivity index (χ2v) is 7.41. The third-order valence-corrected chi connectivity index (χ3v) is 5.52. The summed E-state index contributed by atoms with van der Waals surface area (Å²) in [4.78, 5) is 35.0. The summed E-state index contributed by atoms with van der Waals surface area (Å²) in [5.74, 6) is 0.181. The molecular formula is C21H20N4O3S. The van der Waals surface area contributed by atoms with Crippen molar-refractivity contribution in [3.05, 3.63) is 53.0 Å². The molecule has 1 aromatic carbocycles. The van der Waals surface area contributed by atoms with Crippen molar-refractivity contribution in [2.45, 2.75) is 19.8 Å². The Labute approximate surface area is 172 Å². The molecule has 0 bridgehead atoms. The molecule has 0 fully saturated rings.